The number of amides is 1. The first-order valence-electron chi connectivity index (χ1n) is 11.7. The lowest BCUT2D eigenvalue weighted by molar-refractivity contribution is 0.0915. The lowest BCUT2D eigenvalue weighted by Crippen LogP contribution is -2.46. The van der Waals surface area contributed by atoms with Crippen LogP contribution in [-0.4, -0.2) is 56.1 Å². The number of rotatable bonds is 4. The number of hydrogen-bond acceptors (Lipinski definition) is 6. The molecule has 1 saturated heterocycles. The molecule has 1 aliphatic heterocycles. The van der Waals surface area contributed by atoms with Crippen LogP contribution >= 0.6 is 0 Å². The Morgan fingerprint density at radius 3 is 2.57 bits per heavy atom. The van der Waals surface area contributed by atoms with Crippen molar-refractivity contribution in [2.75, 3.05) is 11.5 Å². The number of aryl methyl sites for hydroxylation is 1. The highest BCUT2D eigenvalue weighted by Crippen LogP contribution is 2.32. The van der Waals surface area contributed by atoms with Crippen LogP contribution in [0.2, 0.25) is 0 Å². The number of benzene rings is 3. The van der Waals surface area contributed by atoms with Gasteiger partial charge in [-0.1, -0.05) is 11.3 Å². The number of carbonyl (C=O) groups excluding carboxylic acids is 1. The Bertz CT molecular complexity index is 1810. The predicted octanol–water partition coefficient (Wildman–Crippen LogP) is 3.42. The van der Waals surface area contributed by atoms with Gasteiger partial charge in [-0.25, -0.2) is 22.2 Å². The van der Waals surface area contributed by atoms with Gasteiger partial charge in [0.15, 0.2) is 9.84 Å². The second-order valence-corrected chi connectivity index (χ2v) is 11.9. The molecule has 0 spiro atoms. The molecule has 5 aromatic rings. The summed E-state index contributed by atoms with van der Waals surface area (Å²) in [4.78, 5) is 13.2. The summed E-state index contributed by atoms with van der Waals surface area (Å²) in [7, 11) is -1.36. The van der Waals surface area contributed by atoms with Crippen LogP contribution in [0.4, 0.5) is 4.39 Å². The zero-order valence-electron chi connectivity index (χ0n) is 20.1. The number of halogens is 1. The Morgan fingerprint density at radius 2 is 1.84 bits per heavy atom. The largest absolute Gasteiger partial charge is 0.346 e. The first kappa shape index (κ1) is 23.3. The molecule has 188 valence electrons. The molecule has 1 amide bonds. The number of nitrogens with zero attached hydrogens (tertiary/aromatic N) is 5. The van der Waals surface area contributed by atoms with E-state index in [9.17, 15) is 17.6 Å². The van der Waals surface area contributed by atoms with Crippen molar-refractivity contribution in [2.45, 2.75) is 18.9 Å². The number of nitrogens with one attached hydrogen (secondary N) is 1. The van der Waals surface area contributed by atoms with E-state index in [2.05, 4.69) is 15.6 Å². The first-order chi connectivity index (χ1) is 17.6. The van der Waals surface area contributed by atoms with E-state index in [1.807, 2.05) is 31.3 Å². The Kier molecular flexibility index (Phi) is 5.16. The Balaban J connectivity index is 1.47. The van der Waals surface area contributed by atoms with Gasteiger partial charge in [0.05, 0.1) is 33.8 Å². The van der Waals surface area contributed by atoms with Gasteiger partial charge < -0.3 is 5.32 Å². The lowest BCUT2D eigenvalue weighted by Gasteiger charge is -2.23. The zero-order valence-corrected chi connectivity index (χ0v) is 21.0. The van der Waals surface area contributed by atoms with Gasteiger partial charge in [0.2, 0.25) is 0 Å². The van der Waals surface area contributed by atoms with E-state index in [4.69, 9.17) is 5.10 Å². The van der Waals surface area contributed by atoms with E-state index in [-0.39, 0.29) is 23.2 Å². The molecule has 3 heterocycles. The van der Waals surface area contributed by atoms with Crippen molar-refractivity contribution < 1.29 is 17.6 Å². The SMILES string of the molecule is Cn1nnc2ccc(-c3nn(-c4ccc(F)cc4)c4cc(C(=O)NC5(C)CCS(=O)(=O)C5)ccc34)cc21. The Morgan fingerprint density at radius 1 is 1.05 bits per heavy atom. The highest BCUT2D eigenvalue weighted by molar-refractivity contribution is 7.91. The Labute approximate surface area is 211 Å². The topological polar surface area (TPSA) is 112 Å². The second-order valence-electron chi connectivity index (χ2n) is 9.74. The summed E-state index contributed by atoms with van der Waals surface area (Å²) in [5.41, 5.74) is 3.97. The fraction of sp³-hybridized carbons (Fsp3) is 0.231. The average molecular weight is 519 g/mol. The third-order valence-corrected chi connectivity index (χ3v) is 8.72. The highest BCUT2D eigenvalue weighted by atomic mass is 32.2. The van der Waals surface area contributed by atoms with Crippen molar-refractivity contribution in [1.29, 1.82) is 0 Å². The molecule has 9 nitrogen and oxygen atoms in total. The number of aromatic nitrogens is 5. The lowest BCUT2D eigenvalue weighted by atomic mass is 10.0. The molecule has 0 radical (unpaired) electrons. The van der Waals surface area contributed by atoms with Gasteiger partial charge >= 0.3 is 0 Å². The standard InChI is InChI=1S/C26H23FN6O3S/c1-26(11-12-37(35,36)15-26)28-25(34)17-3-9-20-22(14-17)33(19-7-5-18(27)6-8-19)30-24(20)16-4-10-21-23(13-16)32(2)31-29-21/h3-10,13-14H,11-12,15H2,1-2H3,(H,28,34). The molecular formula is C26H23FN6O3S. The van der Waals surface area contributed by atoms with Crippen molar-refractivity contribution in [3.8, 4) is 16.9 Å². The maximum absolute atomic E-state index is 13.7. The number of hydrogen-bond donors (Lipinski definition) is 1. The molecule has 11 heteroatoms. The van der Waals surface area contributed by atoms with Gasteiger partial charge in [0, 0.05) is 23.6 Å². The van der Waals surface area contributed by atoms with Crippen LogP contribution in [0.15, 0.2) is 60.7 Å². The third-order valence-electron chi connectivity index (χ3n) is 6.82. The van der Waals surface area contributed by atoms with Crippen molar-refractivity contribution in [1.82, 2.24) is 30.1 Å². The fourth-order valence-corrected chi connectivity index (χ4v) is 6.97. The predicted molar refractivity (Wildman–Crippen MR) is 138 cm³/mol. The monoisotopic (exact) mass is 518 g/mol. The molecule has 1 unspecified atom stereocenters. The van der Waals surface area contributed by atoms with Crippen molar-refractivity contribution in [2.24, 2.45) is 7.05 Å². The van der Waals surface area contributed by atoms with Crippen LogP contribution in [0.25, 0.3) is 38.9 Å². The molecule has 6 rings (SSSR count). The van der Waals surface area contributed by atoms with Crippen LogP contribution < -0.4 is 5.32 Å². The van der Waals surface area contributed by atoms with E-state index in [0.29, 0.717) is 28.9 Å². The zero-order chi connectivity index (χ0) is 25.9. The van der Waals surface area contributed by atoms with Gasteiger partial charge in [-0.2, -0.15) is 5.10 Å². The molecule has 0 saturated carbocycles. The summed E-state index contributed by atoms with van der Waals surface area (Å²) in [6, 6.07) is 16.9. The first-order valence-corrected chi connectivity index (χ1v) is 13.5. The van der Waals surface area contributed by atoms with Crippen LogP contribution in [0.1, 0.15) is 23.7 Å². The number of carbonyl (C=O) groups is 1. The fourth-order valence-electron chi connectivity index (χ4n) is 4.88. The molecule has 0 aliphatic carbocycles. The molecule has 1 atom stereocenters. The maximum Gasteiger partial charge on any atom is 0.251 e. The highest BCUT2D eigenvalue weighted by Gasteiger charge is 2.39. The van der Waals surface area contributed by atoms with Crippen molar-refractivity contribution in [3.63, 3.8) is 0 Å². The summed E-state index contributed by atoms with van der Waals surface area (Å²) in [5.74, 6) is -0.761. The van der Waals surface area contributed by atoms with Gasteiger partial charge in [-0.05, 0) is 67.9 Å². The van der Waals surface area contributed by atoms with E-state index < -0.39 is 15.4 Å². The van der Waals surface area contributed by atoms with Crippen LogP contribution in [0.5, 0.6) is 0 Å². The normalized spacial score (nSPS) is 19.0. The van der Waals surface area contributed by atoms with Gasteiger partial charge in [0.1, 0.15) is 17.0 Å². The minimum atomic E-state index is -3.17. The van der Waals surface area contributed by atoms with E-state index >= 15 is 0 Å². The number of sulfone groups is 1. The summed E-state index contributed by atoms with van der Waals surface area (Å²) in [5, 5.41) is 16.8. The molecular weight excluding hydrogens is 495 g/mol. The number of fused-ring (bicyclic) bond motifs is 2. The molecule has 3 aromatic carbocycles. The Hall–Kier alpha value is -4.12. The van der Waals surface area contributed by atoms with Crippen molar-refractivity contribution in [3.05, 3.63) is 72.0 Å². The van der Waals surface area contributed by atoms with Crippen LogP contribution in [0, 0.1) is 5.82 Å². The van der Waals surface area contributed by atoms with Gasteiger partial charge in [-0.3, -0.25) is 4.79 Å². The molecule has 0 bridgehead atoms. The molecule has 1 N–H and O–H groups in total. The van der Waals surface area contributed by atoms with Crippen LogP contribution in [0.3, 0.4) is 0 Å². The summed E-state index contributed by atoms with van der Waals surface area (Å²) >= 11 is 0. The summed E-state index contributed by atoms with van der Waals surface area (Å²) in [6.45, 7) is 1.75. The minimum Gasteiger partial charge on any atom is -0.346 e. The quantitative estimate of drug-likeness (QED) is 0.390. The van der Waals surface area contributed by atoms with Crippen molar-refractivity contribution >= 4 is 37.7 Å². The molecule has 2 aromatic heterocycles. The van der Waals surface area contributed by atoms with E-state index in [1.54, 1.807) is 40.6 Å². The molecule has 1 fully saturated rings. The third kappa shape index (κ3) is 4.14. The smallest absolute Gasteiger partial charge is 0.251 e. The molecule has 1 aliphatic rings. The van der Waals surface area contributed by atoms with E-state index in [1.165, 1.54) is 12.1 Å². The average Bonchev–Trinajstić information content (AvgIpc) is 3.51. The van der Waals surface area contributed by atoms with Crippen LogP contribution in [-0.2, 0) is 16.9 Å². The maximum atomic E-state index is 13.7. The summed E-state index contributed by atoms with van der Waals surface area (Å²) in [6.07, 6.45) is 0.367. The molecule has 37 heavy (non-hydrogen) atoms. The van der Waals surface area contributed by atoms with Gasteiger partial charge in [-0.15, -0.1) is 5.10 Å². The van der Waals surface area contributed by atoms with E-state index in [0.717, 1.165) is 22.0 Å². The second kappa shape index (κ2) is 8.20. The van der Waals surface area contributed by atoms with Gasteiger partial charge in [0.25, 0.3) is 5.91 Å². The minimum absolute atomic E-state index is 0.0556. The summed E-state index contributed by atoms with van der Waals surface area (Å²) < 4.78 is 41.0.